The summed E-state index contributed by atoms with van der Waals surface area (Å²) in [6, 6.07) is 0. The van der Waals surface area contributed by atoms with E-state index in [0.717, 1.165) is 13.0 Å². The van der Waals surface area contributed by atoms with Crippen molar-refractivity contribution in [2.24, 2.45) is 10.8 Å². The van der Waals surface area contributed by atoms with Gasteiger partial charge in [0.25, 0.3) is 0 Å². The lowest BCUT2D eigenvalue weighted by Crippen LogP contribution is -2.41. The van der Waals surface area contributed by atoms with E-state index in [4.69, 9.17) is 10.4 Å². The van der Waals surface area contributed by atoms with Crippen LogP contribution in [0.5, 0.6) is 0 Å². The predicted molar refractivity (Wildman–Crippen MR) is 55.8 cm³/mol. The Morgan fingerprint density at radius 1 is 1.60 bits per heavy atom. The number of aryl methyl sites for hydroxylation is 1. The standard InChI is InChI=1S/C8H16N6O/c1-3-4-10-8(13-9)11-5-7-12-6(2)14-15-7/h3-5,9H2,1-2H3,(H2,10,11,13). The number of nitrogens with one attached hydrogen (secondary N) is 2. The molecule has 0 aliphatic rings. The van der Waals surface area contributed by atoms with Crippen molar-refractivity contribution in [3.63, 3.8) is 0 Å². The summed E-state index contributed by atoms with van der Waals surface area (Å²) in [7, 11) is 0. The van der Waals surface area contributed by atoms with Crippen molar-refractivity contribution in [2.75, 3.05) is 6.54 Å². The fraction of sp³-hybridized carbons (Fsp3) is 0.625. The first-order valence-electron chi connectivity index (χ1n) is 4.80. The van der Waals surface area contributed by atoms with E-state index in [1.54, 1.807) is 6.92 Å². The van der Waals surface area contributed by atoms with E-state index >= 15 is 0 Å². The highest BCUT2D eigenvalue weighted by Gasteiger charge is 2.01. The molecule has 0 aromatic carbocycles. The van der Waals surface area contributed by atoms with Crippen LogP contribution in [-0.2, 0) is 6.54 Å². The number of aromatic nitrogens is 2. The van der Waals surface area contributed by atoms with Gasteiger partial charge in [0, 0.05) is 6.54 Å². The summed E-state index contributed by atoms with van der Waals surface area (Å²) in [4.78, 5) is 8.15. The van der Waals surface area contributed by atoms with E-state index in [-0.39, 0.29) is 0 Å². The second-order valence-electron chi connectivity index (χ2n) is 2.97. The number of rotatable bonds is 4. The first kappa shape index (κ1) is 11.4. The molecular weight excluding hydrogens is 196 g/mol. The Morgan fingerprint density at radius 3 is 2.93 bits per heavy atom. The Balaban J connectivity index is 2.46. The van der Waals surface area contributed by atoms with Crippen molar-refractivity contribution in [3.05, 3.63) is 11.7 Å². The molecule has 1 aromatic rings. The second kappa shape index (κ2) is 5.97. The predicted octanol–water partition coefficient (Wildman–Crippen LogP) is -0.303. The van der Waals surface area contributed by atoms with E-state index in [9.17, 15) is 0 Å². The average Bonchev–Trinajstić information content (AvgIpc) is 2.65. The van der Waals surface area contributed by atoms with Crippen LogP contribution in [0.3, 0.4) is 0 Å². The highest BCUT2D eigenvalue weighted by Crippen LogP contribution is 1.96. The number of hydrogen-bond donors (Lipinski definition) is 3. The molecule has 0 fully saturated rings. The van der Waals surface area contributed by atoms with Gasteiger partial charge in [-0.1, -0.05) is 12.1 Å². The molecule has 84 valence electrons. The third-order valence-corrected chi connectivity index (χ3v) is 1.62. The Hall–Kier alpha value is -1.63. The van der Waals surface area contributed by atoms with Crippen LogP contribution in [0.25, 0.3) is 0 Å². The molecule has 0 bridgehead atoms. The zero-order chi connectivity index (χ0) is 11.1. The first-order chi connectivity index (χ1) is 7.26. The number of nitrogens with two attached hydrogens (primary N) is 1. The molecule has 1 rings (SSSR count). The Labute approximate surface area is 88.1 Å². The van der Waals surface area contributed by atoms with Gasteiger partial charge in [0.05, 0.1) is 0 Å². The summed E-state index contributed by atoms with van der Waals surface area (Å²) in [6.07, 6.45) is 1.00. The molecule has 0 saturated carbocycles. The molecule has 15 heavy (non-hydrogen) atoms. The number of hydrazine groups is 1. The molecule has 0 amide bonds. The fourth-order valence-electron chi connectivity index (χ4n) is 0.947. The van der Waals surface area contributed by atoms with Gasteiger partial charge in [-0.25, -0.2) is 10.8 Å². The molecular formula is C8H16N6O. The quantitative estimate of drug-likeness (QED) is 0.274. The second-order valence-corrected chi connectivity index (χ2v) is 2.97. The summed E-state index contributed by atoms with van der Waals surface area (Å²) in [5.41, 5.74) is 2.46. The van der Waals surface area contributed by atoms with Gasteiger partial charge in [0.2, 0.25) is 11.9 Å². The van der Waals surface area contributed by atoms with Crippen molar-refractivity contribution < 1.29 is 4.52 Å². The van der Waals surface area contributed by atoms with Gasteiger partial charge in [0.1, 0.15) is 6.54 Å². The van der Waals surface area contributed by atoms with Crippen LogP contribution in [0.1, 0.15) is 25.1 Å². The molecule has 0 spiro atoms. The minimum atomic E-state index is 0.317. The van der Waals surface area contributed by atoms with Crippen LogP contribution in [0.15, 0.2) is 9.52 Å². The summed E-state index contributed by atoms with van der Waals surface area (Å²) >= 11 is 0. The Kier molecular flexibility index (Phi) is 4.55. The number of aliphatic imine (C=N–C) groups is 1. The molecule has 0 radical (unpaired) electrons. The molecule has 0 aliphatic heterocycles. The normalized spacial score (nSPS) is 11.5. The molecule has 1 aromatic heterocycles. The van der Waals surface area contributed by atoms with Crippen LogP contribution in [0.4, 0.5) is 0 Å². The highest BCUT2D eigenvalue weighted by molar-refractivity contribution is 5.78. The van der Waals surface area contributed by atoms with E-state index in [1.165, 1.54) is 0 Å². The molecule has 7 heteroatoms. The summed E-state index contributed by atoms with van der Waals surface area (Å²) in [5, 5.41) is 6.68. The van der Waals surface area contributed by atoms with E-state index in [1.807, 2.05) is 0 Å². The van der Waals surface area contributed by atoms with E-state index in [0.29, 0.717) is 24.2 Å². The van der Waals surface area contributed by atoms with Crippen LogP contribution in [-0.4, -0.2) is 22.6 Å². The van der Waals surface area contributed by atoms with E-state index < -0.39 is 0 Å². The highest BCUT2D eigenvalue weighted by atomic mass is 16.5. The summed E-state index contributed by atoms with van der Waals surface area (Å²) < 4.78 is 4.90. The minimum Gasteiger partial charge on any atom is -0.355 e. The van der Waals surface area contributed by atoms with Gasteiger partial charge in [-0.05, 0) is 13.3 Å². The van der Waals surface area contributed by atoms with Crippen molar-refractivity contribution in [1.29, 1.82) is 0 Å². The largest absolute Gasteiger partial charge is 0.355 e. The molecule has 0 atom stereocenters. The van der Waals surface area contributed by atoms with Gasteiger partial charge in [0.15, 0.2) is 5.82 Å². The smallest absolute Gasteiger partial charge is 0.248 e. The maximum Gasteiger partial charge on any atom is 0.248 e. The van der Waals surface area contributed by atoms with Gasteiger partial charge >= 0.3 is 0 Å². The molecule has 1 heterocycles. The Morgan fingerprint density at radius 2 is 2.40 bits per heavy atom. The number of hydrogen-bond acceptors (Lipinski definition) is 5. The first-order valence-corrected chi connectivity index (χ1v) is 4.80. The Bertz CT molecular complexity index is 321. The fourth-order valence-corrected chi connectivity index (χ4v) is 0.947. The molecule has 0 saturated heterocycles. The maximum absolute atomic E-state index is 5.27. The lowest BCUT2D eigenvalue weighted by atomic mass is 10.5. The van der Waals surface area contributed by atoms with Crippen molar-refractivity contribution in [2.45, 2.75) is 26.8 Å². The van der Waals surface area contributed by atoms with Crippen LogP contribution in [0, 0.1) is 6.92 Å². The van der Waals surface area contributed by atoms with Crippen molar-refractivity contribution in [1.82, 2.24) is 20.9 Å². The zero-order valence-corrected chi connectivity index (χ0v) is 8.95. The topological polar surface area (TPSA) is 101 Å². The molecule has 0 aliphatic carbocycles. The lowest BCUT2D eigenvalue weighted by Gasteiger charge is -2.06. The zero-order valence-electron chi connectivity index (χ0n) is 8.95. The number of nitrogens with zero attached hydrogens (tertiary/aromatic N) is 3. The van der Waals surface area contributed by atoms with Crippen molar-refractivity contribution >= 4 is 5.96 Å². The van der Waals surface area contributed by atoms with Crippen LogP contribution in [0.2, 0.25) is 0 Å². The third-order valence-electron chi connectivity index (χ3n) is 1.62. The van der Waals surface area contributed by atoms with Crippen LogP contribution >= 0.6 is 0 Å². The lowest BCUT2D eigenvalue weighted by molar-refractivity contribution is 0.376. The SMILES string of the molecule is CCCNC(=NCc1nc(C)no1)NN. The monoisotopic (exact) mass is 212 g/mol. The van der Waals surface area contributed by atoms with Crippen LogP contribution < -0.4 is 16.6 Å². The molecule has 7 nitrogen and oxygen atoms in total. The van der Waals surface area contributed by atoms with Gasteiger partial charge in [-0.3, -0.25) is 5.43 Å². The molecule has 4 N–H and O–H groups in total. The minimum absolute atomic E-state index is 0.317. The summed E-state index contributed by atoms with van der Waals surface area (Å²) in [6.45, 7) is 4.94. The van der Waals surface area contributed by atoms with Gasteiger partial charge in [-0.15, -0.1) is 0 Å². The van der Waals surface area contributed by atoms with Gasteiger partial charge in [-0.2, -0.15) is 4.98 Å². The number of guanidine groups is 1. The maximum atomic E-state index is 5.27. The van der Waals surface area contributed by atoms with Gasteiger partial charge < -0.3 is 9.84 Å². The third kappa shape index (κ3) is 3.94. The van der Waals surface area contributed by atoms with E-state index in [2.05, 4.69) is 32.8 Å². The van der Waals surface area contributed by atoms with Crippen molar-refractivity contribution in [3.8, 4) is 0 Å². The summed E-state index contributed by atoms with van der Waals surface area (Å²) in [5.74, 6) is 6.87. The average molecular weight is 212 g/mol. The molecule has 0 unspecified atom stereocenters.